The average Bonchev–Trinajstić information content (AvgIpc) is 2.90. The summed E-state index contributed by atoms with van der Waals surface area (Å²) in [5, 5.41) is 3.16. The molecule has 196 valence electrons. The number of carbonyl (C=O) groups excluding carboxylic acids is 1. The molecule has 0 fully saturated rings. The maximum absolute atomic E-state index is 14.8. The predicted octanol–water partition coefficient (Wildman–Crippen LogP) is 5.07. The number of amides is 1. The number of para-hydroxylation sites is 1. The molecule has 2 aromatic carbocycles. The molecule has 1 atom stereocenters. The first-order chi connectivity index (χ1) is 18.6. The van der Waals surface area contributed by atoms with E-state index in [0.717, 1.165) is 28.3 Å². The van der Waals surface area contributed by atoms with Crippen molar-refractivity contribution in [3.05, 3.63) is 105 Å². The maximum atomic E-state index is 14.8. The number of hydrogen-bond donors (Lipinski definition) is 1. The number of nitrogens with one attached hydrogen (secondary N) is 1. The lowest BCUT2D eigenvalue weighted by Crippen LogP contribution is -2.21. The molecule has 1 N–H and O–H groups in total. The molecule has 1 unspecified atom stereocenters. The van der Waals surface area contributed by atoms with Gasteiger partial charge < -0.3 is 5.32 Å². The minimum absolute atomic E-state index is 0.122. The van der Waals surface area contributed by atoms with Gasteiger partial charge in [0, 0.05) is 35.2 Å². The van der Waals surface area contributed by atoms with Gasteiger partial charge in [-0.2, -0.15) is 0 Å². The highest BCUT2D eigenvalue weighted by atomic mass is 35.5. The Morgan fingerprint density at radius 2 is 1.77 bits per heavy atom. The first-order valence-corrected chi connectivity index (χ1v) is 13.3. The third-order valence-corrected chi connectivity index (χ3v) is 6.81. The molecule has 1 amide bonds. The zero-order valence-electron chi connectivity index (χ0n) is 20.4. The Labute approximate surface area is 227 Å². The molecule has 5 aromatic rings. The Morgan fingerprint density at radius 3 is 2.44 bits per heavy atom. The third kappa shape index (κ3) is 5.06. The Balaban J connectivity index is 1.72. The standard InChI is InChI=1S/C27H18ClF2N5O3S/c1-14-6-8-16(32-26(37)15-7-10-21(28)31-13-15)12-18(14)23-17-9-11-22(36)35(24-19(29)4-3-5-20(24)30)25(17)34-27(33-23)39(2)38/h3-13H,1-2H3,(H,32,37). The molecule has 39 heavy (non-hydrogen) atoms. The van der Waals surface area contributed by atoms with Crippen molar-refractivity contribution in [2.75, 3.05) is 11.6 Å². The lowest BCUT2D eigenvalue weighted by atomic mass is 10.0. The van der Waals surface area contributed by atoms with E-state index in [1.54, 1.807) is 25.1 Å². The molecule has 0 saturated heterocycles. The quantitative estimate of drug-likeness (QED) is 0.235. The predicted molar refractivity (Wildman–Crippen MR) is 145 cm³/mol. The number of aryl methyl sites for hydroxylation is 1. The molecular weight excluding hydrogens is 548 g/mol. The van der Waals surface area contributed by atoms with Crippen LogP contribution < -0.4 is 10.9 Å². The highest BCUT2D eigenvalue weighted by molar-refractivity contribution is 7.84. The second-order valence-electron chi connectivity index (χ2n) is 8.48. The molecule has 0 spiro atoms. The van der Waals surface area contributed by atoms with Gasteiger partial charge in [-0.3, -0.25) is 18.4 Å². The van der Waals surface area contributed by atoms with E-state index in [1.165, 1.54) is 36.7 Å². The lowest BCUT2D eigenvalue weighted by molar-refractivity contribution is 0.102. The van der Waals surface area contributed by atoms with Gasteiger partial charge in [0.1, 0.15) is 22.5 Å². The average molecular weight is 566 g/mol. The summed E-state index contributed by atoms with van der Waals surface area (Å²) in [5.74, 6) is -2.37. The van der Waals surface area contributed by atoms with Crippen LogP contribution in [0.1, 0.15) is 15.9 Å². The van der Waals surface area contributed by atoms with Crippen LogP contribution in [-0.2, 0) is 10.8 Å². The molecule has 0 aliphatic rings. The van der Waals surface area contributed by atoms with Gasteiger partial charge in [0.05, 0.1) is 22.1 Å². The van der Waals surface area contributed by atoms with Gasteiger partial charge in [-0.1, -0.05) is 23.7 Å². The third-order valence-electron chi connectivity index (χ3n) is 5.89. The fourth-order valence-corrected chi connectivity index (χ4v) is 4.56. The van der Waals surface area contributed by atoms with Gasteiger partial charge in [-0.15, -0.1) is 0 Å². The van der Waals surface area contributed by atoms with Crippen molar-refractivity contribution in [2.45, 2.75) is 12.1 Å². The van der Waals surface area contributed by atoms with Gasteiger partial charge in [-0.25, -0.2) is 23.7 Å². The van der Waals surface area contributed by atoms with Crippen LogP contribution in [0.15, 0.2) is 76.8 Å². The summed E-state index contributed by atoms with van der Waals surface area (Å²) in [6, 6.07) is 13.9. The van der Waals surface area contributed by atoms with E-state index in [4.69, 9.17) is 11.6 Å². The van der Waals surface area contributed by atoms with E-state index in [0.29, 0.717) is 11.3 Å². The Hall–Kier alpha value is -4.35. The largest absolute Gasteiger partial charge is 0.322 e. The van der Waals surface area contributed by atoms with Crippen LogP contribution in [0.3, 0.4) is 0 Å². The van der Waals surface area contributed by atoms with E-state index < -0.39 is 39.6 Å². The molecule has 12 heteroatoms. The number of carbonyl (C=O) groups is 1. The van der Waals surface area contributed by atoms with Crippen LogP contribution in [0.2, 0.25) is 5.15 Å². The highest BCUT2D eigenvalue weighted by Crippen LogP contribution is 2.32. The minimum Gasteiger partial charge on any atom is -0.322 e. The number of nitrogens with zero attached hydrogens (tertiary/aromatic N) is 4. The van der Waals surface area contributed by atoms with E-state index >= 15 is 0 Å². The Kier molecular flexibility index (Phi) is 7.02. The molecular formula is C27H18ClF2N5O3S. The van der Waals surface area contributed by atoms with E-state index in [-0.39, 0.29) is 32.6 Å². The first kappa shape index (κ1) is 26.3. The van der Waals surface area contributed by atoms with Crippen molar-refractivity contribution < 1.29 is 17.8 Å². The summed E-state index contributed by atoms with van der Waals surface area (Å²) >= 11 is 5.80. The van der Waals surface area contributed by atoms with Gasteiger partial charge >= 0.3 is 0 Å². The number of rotatable bonds is 5. The number of halogens is 3. The SMILES string of the molecule is Cc1ccc(NC(=O)c2ccc(Cl)nc2)cc1-c1nc(S(C)=O)nc2c1ccc(=O)n2-c1c(F)cccc1F. The van der Waals surface area contributed by atoms with Gasteiger partial charge in [0.15, 0.2) is 5.65 Å². The zero-order chi connectivity index (χ0) is 27.8. The summed E-state index contributed by atoms with van der Waals surface area (Å²) in [7, 11) is -1.71. The second kappa shape index (κ2) is 10.4. The minimum atomic E-state index is -1.71. The number of aromatic nitrogens is 4. The van der Waals surface area contributed by atoms with Crippen molar-refractivity contribution in [1.29, 1.82) is 0 Å². The van der Waals surface area contributed by atoms with Crippen LogP contribution >= 0.6 is 11.6 Å². The number of benzene rings is 2. The van der Waals surface area contributed by atoms with Crippen molar-refractivity contribution in [1.82, 2.24) is 19.5 Å². The fraction of sp³-hybridized carbons (Fsp3) is 0.0741. The topological polar surface area (TPSA) is 107 Å². The van der Waals surface area contributed by atoms with E-state index in [2.05, 4.69) is 20.3 Å². The monoisotopic (exact) mass is 565 g/mol. The molecule has 8 nitrogen and oxygen atoms in total. The molecule has 0 saturated carbocycles. The van der Waals surface area contributed by atoms with Crippen LogP contribution in [0.5, 0.6) is 0 Å². The fourth-order valence-electron chi connectivity index (χ4n) is 4.02. The molecule has 0 aliphatic heterocycles. The van der Waals surface area contributed by atoms with Crippen LogP contribution in [0.25, 0.3) is 28.0 Å². The molecule has 0 radical (unpaired) electrons. The van der Waals surface area contributed by atoms with Crippen molar-refractivity contribution in [3.8, 4) is 16.9 Å². The van der Waals surface area contributed by atoms with Gasteiger partial charge in [0.25, 0.3) is 11.5 Å². The van der Waals surface area contributed by atoms with Crippen LogP contribution in [0.4, 0.5) is 14.5 Å². The van der Waals surface area contributed by atoms with Crippen LogP contribution in [-0.4, -0.2) is 35.9 Å². The highest BCUT2D eigenvalue weighted by Gasteiger charge is 2.21. The number of anilines is 1. The van der Waals surface area contributed by atoms with Gasteiger partial charge in [0.2, 0.25) is 5.16 Å². The second-order valence-corrected chi connectivity index (χ2v) is 10.1. The molecule has 0 aliphatic carbocycles. The van der Waals surface area contributed by atoms with Crippen molar-refractivity contribution in [2.24, 2.45) is 0 Å². The number of hydrogen-bond acceptors (Lipinski definition) is 6. The normalized spacial score (nSPS) is 11.9. The lowest BCUT2D eigenvalue weighted by Gasteiger charge is -2.16. The smallest absolute Gasteiger partial charge is 0.257 e. The summed E-state index contributed by atoms with van der Waals surface area (Å²) in [5.41, 5.74) is 0.728. The van der Waals surface area contributed by atoms with Gasteiger partial charge in [-0.05, 0) is 55.0 Å². The van der Waals surface area contributed by atoms with Crippen molar-refractivity contribution >= 4 is 45.0 Å². The van der Waals surface area contributed by atoms with E-state index in [1.807, 2.05) is 0 Å². The number of fused-ring (bicyclic) bond motifs is 1. The summed E-state index contributed by atoms with van der Waals surface area (Å²) in [6.07, 6.45) is 2.69. The summed E-state index contributed by atoms with van der Waals surface area (Å²) in [6.45, 7) is 1.80. The Morgan fingerprint density at radius 1 is 1.03 bits per heavy atom. The van der Waals surface area contributed by atoms with Crippen LogP contribution in [0, 0.1) is 18.6 Å². The first-order valence-electron chi connectivity index (χ1n) is 11.4. The summed E-state index contributed by atoms with van der Waals surface area (Å²) in [4.78, 5) is 38.3. The zero-order valence-corrected chi connectivity index (χ0v) is 22.0. The molecule has 3 heterocycles. The maximum Gasteiger partial charge on any atom is 0.257 e. The van der Waals surface area contributed by atoms with Crippen molar-refractivity contribution in [3.63, 3.8) is 0 Å². The summed E-state index contributed by atoms with van der Waals surface area (Å²) < 4.78 is 42.8. The molecule has 0 bridgehead atoms. The number of pyridine rings is 2. The Bertz CT molecular complexity index is 1840. The van der Waals surface area contributed by atoms with E-state index in [9.17, 15) is 22.6 Å². The molecule has 5 rings (SSSR count). The molecule has 3 aromatic heterocycles.